The van der Waals surface area contributed by atoms with Crippen LogP contribution in [0.15, 0.2) is 42.5 Å². The molecule has 2 aromatic carbocycles. The van der Waals surface area contributed by atoms with Crippen LogP contribution in [-0.4, -0.2) is 43.0 Å². The highest BCUT2D eigenvalue weighted by Gasteiger charge is 2.36. The molecule has 1 aliphatic heterocycles. The van der Waals surface area contributed by atoms with Gasteiger partial charge in [-0.1, -0.05) is 18.2 Å². The molecule has 1 atom stereocenters. The van der Waals surface area contributed by atoms with Gasteiger partial charge in [0.15, 0.2) is 0 Å². The van der Waals surface area contributed by atoms with Crippen LogP contribution in [0.25, 0.3) is 0 Å². The molecule has 0 spiro atoms. The van der Waals surface area contributed by atoms with Crippen LogP contribution in [0.3, 0.4) is 0 Å². The zero-order valence-corrected chi connectivity index (χ0v) is 15.0. The second-order valence-electron chi connectivity index (χ2n) is 6.32. The third-order valence-electron chi connectivity index (χ3n) is 4.65. The first-order valence-electron chi connectivity index (χ1n) is 8.45. The normalized spacial score (nSPS) is 17.4. The zero-order valence-electron chi connectivity index (χ0n) is 15.0. The maximum absolute atomic E-state index is 14.2. The van der Waals surface area contributed by atoms with Gasteiger partial charge in [-0.3, -0.25) is 9.59 Å². The lowest BCUT2D eigenvalue weighted by atomic mass is 10.1. The Morgan fingerprint density at radius 1 is 1.19 bits per heavy atom. The van der Waals surface area contributed by atoms with E-state index in [0.717, 1.165) is 5.56 Å². The highest BCUT2D eigenvalue weighted by molar-refractivity contribution is 6.04. The fraction of sp³-hybridized carbons (Fsp3) is 0.300. The number of piperazine rings is 1. The molecule has 0 N–H and O–H groups in total. The summed E-state index contributed by atoms with van der Waals surface area (Å²) in [4.78, 5) is 28.6. The summed E-state index contributed by atoms with van der Waals surface area (Å²) < 4.78 is 19.4. The number of nitrogens with zero attached hydrogens (tertiary/aromatic N) is 2. The summed E-state index contributed by atoms with van der Waals surface area (Å²) in [6.45, 7) is 4.06. The molecule has 26 heavy (non-hydrogen) atoms. The molecule has 1 aliphatic rings. The SMILES string of the molecule is COc1ccccc1C(=O)N1CCN(c2cc(C)ccc2F)C(=O)[C@H]1C. The zero-order chi connectivity index (χ0) is 18.8. The van der Waals surface area contributed by atoms with Crippen molar-refractivity contribution >= 4 is 17.5 Å². The second kappa shape index (κ2) is 7.15. The largest absolute Gasteiger partial charge is 0.496 e. The van der Waals surface area contributed by atoms with Crippen molar-refractivity contribution in [3.63, 3.8) is 0 Å². The summed E-state index contributed by atoms with van der Waals surface area (Å²) in [5, 5.41) is 0. The maximum atomic E-state index is 14.2. The molecule has 0 unspecified atom stereocenters. The van der Waals surface area contributed by atoms with Crippen molar-refractivity contribution in [3.05, 3.63) is 59.4 Å². The molecule has 5 nitrogen and oxygen atoms in total. The van der Waals surface area contributed by atoms with Crippen LogP contribution < -0.4 is 9.64 Å². The topological polar surface area (TPSA) is 49.9 Å². The van der Waals surface area contributed by atoms with Gasteiger partial charge in [-0.15, -0.1) is 0 Å². The predicted octanol–water partition coefficient (Wildman–Crippen LogP) is 3.02. The molecular weight excluding hydrogens is 335 g/mol. The number of carbonyl (C=O) groups is 2. The number of benzene rings is 2. The van der Waals surface area contributed by atoms with Crippen LogP contribution >= 0.6 is 0 Å². The summed E-state index contributed by atoms with van der Waals surface area (Å²) in [6, 6.07) is 10.9. The summed E-state index contributed by atoms with van der Waals surface area (Å²) in [7, 11) is 1.50. The van der Waals surface area contributed by atoms with Gasteiger partial charge in [-0.05, 0) is 43.7 Å². The fourth-order valence-electron chi connectivity index (χ4n) is 3.19. The Balaban J connectivity index is 1.86. The van der Waals surface area contributed by atoms with Gasteiger partial charge in [0.1, 0.15) is 17.6 Å². The minimum Gasteiger partial charge on any atom is -0.496 e. The van der Waals surface area contributed by atoms with Crippen LogP contribution in [0, 0.1) is 12.7 Å². The van der Waals surface area contributed by atoms with E-state index in [0.29, 0.717) is 17.9 Å². The van der Waals surface area contributed by atoms with Crippen molar-refractivity contribution in [2.24, 2.45) is 0 Å². The minimum atomic E-state index is -0.693. The van der Waals surface area contributed by atoms with E-state index in [9.17, 15) is 14.0 Å². The van der Waals surface area contributed by atoms with E-state index in [1.165, 1.54) is 23.0 Å². The molecule has 136 valence electrons. The first-order chi connectivity index (χ1) is 12.4. The Morgan fingerprint density at radius 2 is 1.92 bits per heavy atom. The van der Waals surface area contributed by atoms with Crippen LogP contribution in [0.1, 0.15) is 22.8 Å². The number of carbonyl (C=O) groups excluding carboxylic acids is 2. The molecule has 0 radical (unpaired) electrons. The molecular formula is C20H21FN2O3. The number of anilines is 1. The third kappa shape index (κ3) is 3.14. The van der Waals surface area contributed by atoms with Crippen molar-refractivity contribution in [2.45, 2.75) is 19.9 Å². The summed E-state index contributed by atoms with van der Waals surface area (Å²) in [5.74, 6) is -0.554. The average Bonchev–Trinajstić information content (AvgIpc) is 2.65. The number of methoxy groups -OCH3 is 1. The van der Waals surface area contributed by atoms with Gasteiger partial charge in [0.25, 0.3) is 5.91 Å². The third-order valence-corrected chi connectivity index (χ3v) is 4.65. The first kappa shape index (κ1) is 17.9. The molecule has 1 fully saturated rings. The molecule has 6 heteroatoms. The molecule has 2 aromatic rings. The van der Waals surface area contributed by atoms with Gasteiger partial charge >= 0.3 is 0 Å². The maximum Gasteiger partial charge on any atom is 0.258 e. The molecule has 0 bridgehead atoms. The molecule has 3 rings (SSSR count). The highest BCUT2D eigenvalue weighted by atomic mass is 19.1. The smallest absolute Gasteiger partial charge is 0.258 e. The van der Waals surface area contributed by atoms with Crippen molar-refractivity contribution in [1.82, 2.24) is 4.90 Å². The number of halogens is 1. The molecule has 1 saturated heterocycles. The second-order valence-corrected chi connectivity index (χ2v) is 6.32. The van der Waals surface area contributed by atoms with Gasteiger partial charge in [-0.2, -0.15) is 0 Å². The lowest BCUT2D eigenvalue weighted by Crippen LogP contribution is -2.58. The average molecular weight is 356 g/mol. The number of rotatable bonds is 3. The standard InChI is InChI=1S/C20H21FN2O3/c1-13-8-9-16(21)17(12-13)23-11-10-22(14(2)19(23)24)20(25)15-6-4-5-7-18(15)26-3/h4-9,12,14H,10-11H2,1-3H3/t14-/m1/s1. The lowest BCUT2D eigenvalue weighted by molar-refractivity contribution is -0.124. The lowest BCUT2D eigenvalue weighted by Gasteiger charge is -2.39. The summed E-state index contributed by atoms with van der Waals surface area (Å²) in [5.41, 5.74) is 1.53. The number of hydrogen-bond acceptors (Lipinski definition) is 3. The number of para-hydroxylation sites is 1. The van der Waals surface area contributed by atoms with Crippen LogP contribution in [-0.2, 0) is 4.79 Å². The van der Waals surface area contributed by atoms with Crippen LogP contribution in [0.4, 0.5) is 10.1 Å². The number of ether oxygens (including phenoxy) is 1. The van der Waals surface area contributed by atoms with Gasteiger partial charge in [0, 0.05) is 13.1 Å². The van der Waals surface area contributed by atoms with E-state index in [-0.39, 0.29) is 24.0 Å². The van der Waals surface area contributed by atoms with Crippen LogP contribution in [0.2, 0.25) is 0 Å². The van der Waals surface area contributed by atoms with Gasteiger partial charge in [0.2, 0.25) is 5.91 Å². The van der Waals surface area contributed by atoms with Gasteiger partial charge < -0.3 is 14.5 Å². The molecule has 0 aliphatic carbocycles. The quantitative estimate of drug-likeness (QED) is 0.849. The number of amides is 2. The van der Waals surface area contributed by atoms with E-state index in [1.807, 2.05) is 6.92 Å². The Morgan fingerprint density at radius 3 is 2.65 bits per heavy atom. The van der Waals surface area contributed by atoms with E-state index in [2.05, 4.69) is 0 Å². The van der Waals surface area contributed by atoms with Gasteiger partial charge in [0.05, 0.1) is 18.4 Å². The monoisotopic (exact) mass is 356 g/mol. The molecule has 0 saturated carbocycles. The summed E-state index contributed by atoms with van der Waals surface area (Å²) in [6.07, 6.45) is 0. The minimum absolute atomic E-state index is 0.241. The van der Waals surface area contributed by atoms with E-state index in [4.69, 9.17) is 4.74 Å². The predicted molar refractivity (Wildman–Crippen MR) is 97.0 cm³/mol. The van der Waals surface area contributed by atoms with E-state index < -0.39 is 11.9 Å². The van der Waals surface area contributed by atoms with Crippen molar-refractivity contribution in [3.8, 4) is 5.75 Å². The van der Waals surface area contributed by atoms with Crippen LogP contribution in [0.5, 0.6) is 5.75 Å². The molecule has 2 amide bonds. The molecule has 1 heterocycles. The Labute approximate surface area is 152 Å². The van der Waals surface area contributed by atoms with Crippen molar-refractivity contribution < 1.29 is 18.7 Å². The Kier molecular flexibility index (Phi) is 4.93. The summed E-state index contributed by atoms with van der Waals surface area (Å²) >= 11 is 0. The Hall–Kier alpha value is -2.89. The van der Waals surface area contributed by atoms with Crippen molar-refractivity contribution in [1.29, 1.82) is 0 Å². The number of hydrogen-bond donors (Lipinski definition) is 0. The van der Waals surface area contributed by atoms with E-state index >= 15 is 0 Å². The van der Waals surface area contributed by atoms with Gasteiger partial charge in [-0.25, -0.2) is 4.39 Å². The fourth-order valence-corrected chi connectivity index (χ4v) is 3.19. The first-order valence-corrected chi connectivity index (χ1v) is 8.45. The highest BCUT2D eigenvalue weighted by Crippen LogP contribution is 2.27. The Bertz CT molecular complexity index is 853. The van der Waals surface area contributed by atoms with E-state index in [1.54, 1.807) is 43.3 Å². The number of aryl methyl sites for hydroxylation is 1. The molecule has 0 aromatic heterocycles. The van der Waals surface area contributed by atoms with Crippen molar-refractivity contribution in [2.75, 3.05) is 25.1 Å².